The molecule has 1 aromatic carbocycles. The van der Waals surface area contributed by atoms with Crippen molar-refractivity contribution >= 4 is 17.8 Å². The summed E-state index contributed by atoms with van der Waals surface area (Å²) in [5.41, 5.74) is 0.878. The standard InChI is InChI=1S/C21H24N6O3/c1-16-25-18(13-19(26-16)27-11-5-6-12-27)22-9-10-23-20(28)14-24-21(29)30-15-17-7-3-2-4-8-17/h2-8,11-13H,9-10,14-15H2,1H3,(H,23,28)(H,24,29)(H,22,25,26). The summed E-state index contributed by atoms with van der Waals surface area (Å²) in [7, 11) is 0. The van der Waals surface area contributed by atoms with Crippen molar-refractivity contribution in [3.8, 4) is 5.82 Å². The van der Waals surface area contributed by atoms with Crippen LogP contribution in [0.2, 0.25) is 0 Å². The first kappa shape index (κ1) is 20.8. The van der Waals surface area contributed by atoms with Gasteiger partial charge in [-0.3, -0.25) is 4.79 Å². The van der Waals surface area contributed by atoms with Crippen molar-refractivity contribution in [3.63, 3.8) is 0 Å². The number of nitrogens with zero attached hydrogens (tertiary/aromatic N) is 3. The molecular formula is C21H24N6O3. The largest absolute Gasteiger partial charge is 0.445 e. The summed E-state index contributed by atoms with van der Waals surface area (Å²) in [6.45, 7) is 2.68. The Labute approximate surface area is 174 Å². The highest BCUT2D eigenvalue weighted by Gasteiger charge is 2.07. The SMILES string of the molecule is Cc1nc(NCCNC(=O)CNC(=O)OCc2ccccc2)cc(-n2cccc2)n1. The number of benzene rings is 1. The van der Waals surface area contributed by atoms with Crippen LogP contribution < -0.4 is 16.0 Å². The second kappa shape index (κ2) is 10.6. The van der Waals surface area contributed by atoms with Crippen LogP contribution in [0, 0.1) is 6.92 Å². The van der Waals surface area contributed by atoms with E-state index in [1.54, 1.807) is 0 Å². The van der Waals surface area contributed by atoms with Crippen LogP contribution in [0.15, 0.2) is 60.9 Å². The van der Waals surface area contributed by atoms with Gasteiger partial charge in [-0.1, -0.05) is 30.3 Å². The molecule has 0 aliphatic heterocycles. The van der Waals surface area contributed by atoms with Gasteiger partial charge in [-0.05, 0) is 24.6 Å². The van der Waals surface area contributed by atoms with E-state index in [2.05, 4.69) is 25.9 Å². The van der Waals surface area contributed by atoms with E-state index >= 15 is 0 Å². The first-order valence-electron chi connectivity index (χ1n) is 9.54. The Morgan fingerprint density at radius 1 is 1.00 bits per heavy atom. The zero-order chi connectivity index (χ0) is 21.2. The van der Waals surface area contributed by atoms with Crippen LogP contribution in [-0.2, 0) is 16.1 Å². The first-order valence-corrected chi connectivity index (χ1v) is 9.54. The lowest BCUT2D eigenvalue weighted by Crippen LogP contribution is -2.38. The number of ether oxygens (including phenoxy) is 1. The van der Waals surface area contributed by atoms with Gasteiger partial charge in [-0.25, -0.2) is 14.8 Å². The molecule has 0 saturated carbocycles. The molecule has 0 unspecified atom stereocenters. The van der Waals surface area contributed by atoms with Gasteiger partial charge in [-0.15, -0.1) is 0 Å². The summed E-state index contributed by atoms with van der Waals surface area (Å²) >= 11 is 0. The number of anilines is 1. The molecular weight excluding hydrogens is 384 g/mol. The average molecular weight is 408 g/mol. The lowest BCUT2D eigenvalue weighted by molar-refractivity contribution is -0.120. The minimum atomic E-state index is -0.638. The fourth-order valence-corrected chi connectivity index (χ4v) is 2.64. The van der Waals surface area contributed by atoms with Crippen LogP contribution in [0.4, 0.5) is 10.6 Å². The summed E-state index contributed by atoms with van der Waals surface area (Å²) in [6.07, 6.45) is 3.17. The summed E-state index contributed by atoms with van der Waals surface area (Å²) in [5.74, 6) is 1.77. The zero-order valence-electron chi connectivity index (χ0n) is 16.7. The van der Waals surface area contributed by atoms with Crippen molar-refractivity contribution in [1.29, 1.82) is 0 Å². The van der Waals surface area contributed by atoms with Crippen LogP contribution in [-0.4, -0.2) is 46.2 Å². The molecule has 3 N–H and O–H groups in total. The van der Waals surface area contributed by atoms with Crippen LogP contribution in [0.5, 0.6) is 0 Å². The number of amides is 2. The van der Waals surface area contributed by atoms with Crippen LogP contribution >= 0.6 is 0 Å². The Balaban J connectivity index is 1.33. The van der Waals surface area contributed by atoms with Gasteiger partial charge >= 0.3 is 6.09 Å². The third-order valence-electron chi connectivity index (χ3n) is 4.05. The van der Waals surface area contributed by atoms with E-state index in [4.69, 9.17) is 4.74 Å². The summed E-state index contributed by atoms with van der Waals surface area (Å²) in [4.78, 5) is 32.3. The second-order valence-corrected chi connectivity index (χ2v) is 6.44. The highest BCUT2D eigenvalue weighted by molar-refractivity contribution is 5.82. The Bertz CT molecular complexity index is 960. The number of carbonyl (C=O) groups excluding carboxylic acids is 2. The molecule has 2 aromatic heterocycles. The molecule has 9 heteroatoms. The lowest BCUT2D eigenvalue weighted by atomic mass is 10.2. The molecule has 0 bridgehead atoms. The van der Waals surface area contributed by atoms with E-state index < -0.39 is 6.09 Å². The Hall–Kier alpha value is -3.88. The second-order valence-electron chi connectivity index (χ2n) is 6.44. The van der Waals surface area contributed by atoms with E-state index in [1.807, 2.05) is 72.4 Å². The van der Waals surface area contributed by atoms with Gasteiger partial charge in [0.05, 0.1) is 6.54 Å². The molecule has 9 nitrogen and oxygen atoms in total. The smallest absolute Gasteiger partial charge is 0.407 e. The van der Waals surface area contributed by atoms with Crippen LogP contribution in [0.1, 0.15) is 11.4 Å². The number of hydrogen-bond donors (Lipinski definition) is 3. The number of aryl methyl sites for hydroxylation is 1. The third-order valence-corrected chi connectivity index (χ3v) is 4.05. The van der Waals surface area contributed by atoms with Crippen LogP contribution in [0.25, 0.3) is 5.82 Å². The molecule has 0 aliphatic rings. The maximum absolute atomic E-state index is 11.9. The molecule has 3 aromatic rings. The van der Waals surface area contributed by atoms with Crippen molar-refractivity contribution in [2.75, 3.05) is 25.0 Å². The number of nitrogens with one attached hydrogen (secondary N) is 3. The van der Waals surface area contributed by atoms with E-state index in [0.717, 1.165) is 11.4 Å². The monoisotopic (exact) mass is 408 g/mol. The maximum Gasteiger partial charge on any atom is 0.407 e. The predicted molar refractivity (Wildman–Crippen MR) is 112 cm³/mol. The van der Waals surface area contributed by atoms with Gasteiger partial charge in [0.25, 0.3) is 0 Å². The summed E-state index contributed by atoms with van der Waals surface area (Å²) in [6, 6.07) is 15.0. The van der Waals surface area contributed by atoms with Crippen molar-refractivity contribution < 1.29 is 14.3 Å². The van der Waals surface area contributed by atoms with Gasteiger partial charge in [-0.2, -0.15) is 0 Å². The fraction of sp³-hybridized carbons (Fsp3) is 0.238. The Morgan fingerprint density at radius 2 is 1.77 bits per heavy atom. The van der Waals surface area contributed by atoms with Crippen LogP contribution in [0.3, 0.4) is 0 Å². The Kier molecular flexibility index (Phi) is 7.37. The van der Waals surface area contributed by atoms with E-state index in [0.29, 0.717) is 24.7 Å². The van der Waals surface area contributed by atoms with Crippen molar-refractivity contribution in [3.05, 3.63) is 72.3 Å². The normalized spacial score (nSPS) is 10.3. The van der Waals surface area contributed by atoms with Crippen molar-refractivity contribution in [2.45, 2.75) is 13.5 Å². The first-order chi connectivity index (χ1) is 14.6. The van der Waals surface area contributed by atoms with E-state index in [-0.39, 0.29) is 19.1 Å². The molecule has 3 rings (SSSR count). The number of aromatic nitrogens is 3. The topological polar surface area (TPSA) is 110 Å². The van der Waals surface area contributed by atoms with E-state index in [1.165, 1.54) is 0 Å². The molecule has 2 heterocycles. The summed E-state index contributed by atoms with van der Waals surface area (Å²) < 4.78 is 6.95. The van der Waals surface area contributed by atoms with Crippen molar-refractivity contribution in [2.24, 2.45) is 0 Å². The third kappa shape index (κ3) is 6.62. The lowest BCUT2D eigenvalue weighted by Gasteiger charge is -2.10. The minimum absolute atomic E-state index is 0.154. The van der Waals surface area contributed by atoms with Gasteiger partial charge in [0.1, 0.15) is 24.1 Å². The molecule has 156 valence electrons. The molecule has 2 amide bonds. The molecule has 0 fully saturated rings. The highest BCUT2D eigenvalue weighted by Crippen LogP contribution is 2.11. The molecule has 0 saturated heterocycles. The van der Waals surface area contributed by atoms with Gasteiger partial charge in [0.2, 0.25) is 5.91 Å². The summed E-state index contributed by atoms with van der Waals surface area (Å²) in [5, 5.41) is 8.30. The van der Waals surface area contributed by atoms with Gasteiger partial charge in [0, 0.05) is 31.5 Å². The highest BCUT2D eigenvalue weighted by atomic mass is 16.5. The molecule has 0 atom stereocenters. The quantitative estimate of drug-likeness (QED) is 0.467. The minimum Gasteiger partial charge on any atom is -0.445 e. The average Bonchev–Trinajstić information content (AvgIpc) is 3.29. The molecule has 0 aliphatic carbocycles. The number of carbonyl (C=O) groups is 2. The predicted octanol–water partition coefficient (Wildman–Crippen LogP) is 2.03. The maximum atomic E-state index is 11.9. The van der Waals surface area contributed by atoms with Crippen molar-refractivity contribution in [1.82, 2.24) is 25.2 Å². The molecule has 30 heavy (non-hydrogen) atoms. The molecule has 0 spiro atoms. The van der Waals surface area contributed by atoms with Gasteiger partial charge < -0.3 is 25.3 Å². The fourth-order valence-electron chi connectivity index (χ4n) is 2.64. The number of rotatable bonds is 9. The zero-order valence-corrected chi connectivity index (χ0v) is 16.7. The van der Waals surface area contributed by atoms with Gasteiger partial charge in [0.15, 0.2) is 0 Å². The number of alkyl carbamates (subject to hydrolysis) is 1. The number of hydrogen-bond acceptors (Lipinski definition) is 6. The Morgan fingerprint density at radius 3 is 2.53 bits per heavy atom. The van der Waals surface area contributed by atoms with E-state index in [9.17, 15) is 9.59 Å². The molecule has 0 radical (unpaired) electrons.